The zero-order valence-electron chi connectivity index (χ0n) is 11.6. The number of rotatable bonds is 3. The molecule has 4 heteroatoms. The zero-order valence-corrected chi connectivity index (χ0v) is 12.4. The minimum Gasteiger partial charge on any atom is -0.342 e. The quantitative estimate of drug-likeness (QED) is 0.911. The summed E-state index contributed by atoms with van der Waals surface area (Å²) in [4.78, 5) is 8.90. The molecule has 0 aromatic carbocycles. The van der Waals surface area contributed by atoms with Crippen LogP contribution >= 0.6 is 11.3 Å². The topological polar surface area (TPSA) is 28.2 Å². The molecule has 2 aliphatic heterocycles. The molecule has 0 spiro atoms. The first-order chi connectivity index (χ1) is 8.72. The van der Waals surface area contributed by atoms with Crippen LogP contribution in [0.5, 0.6) is 0 Å². The smallest absolute Gasteiger partial charge is 0.186 e. The van der Waals surface area contributed by atoms with Crippen LogP contribution < -0.4 is 10.2 Å². The van der Waals surface area contributed by atoms with Crippen molar-refractivity contribution in [3.05, 3.63) is 10.6 Å². The molecule has 1 aromatic rings. The van der Waals surface area contributed by atoms with Gasteiger partial charge in [-0.25, -0.2) is 4.98 Å². The Balaban J connectivity index is 1.84. The Morgan fingerprint density at radius 3 is 2.50 bits per heavy atom. The fourth-order valence-corrected chi connectivity index (χ4v) is 4.72. The van der Waals surface area contributed by atoms with E-state index in [1.165, 1.54) is 41.4 Å². The molecular weight excluding hydrogens is 242 g/mol. The molecule has 0 aliphatic carbocycles. The molecule has 1 aromatic heterocycles. The second kappa shape index (κ2) is 4.82. The highest BCUT2D eigenvalue weighted by atomic mass is 32.1. The first kappa shape index (κ1) is 12.4. The SMILES string of the molecule is CCc1nc(N2C3CCC2CC(NC)C3)sc1C. The highest BCUT2D eigenvalue weighted by Crippen LogP contribution is 2.41. The summed E-state index contributed by atoms with van der Waals surface area (Å²) in [6, 6.07) is 2.15. The van der Waals surface area contributed by atoms with Crippen molar-refractivity contribution in [2.45, 2.75) is 64.1 Å². The first-order valence-electron chi connectivity index (χ1n) is 7.14. The molecular formula is C14H23N3S. The van der Waals surface area contributed by atoms with Crippen LogP contribution in [0.15, 0.2) is 0 Å². The minimum absolute atomic E-state index is 0.713. The van der Waals surface area contributed by atoms with E-state index in [0.29, 0.717) is 6.04 Å². The molecule has 2 atom stereocenters. The average Bonchev–Trinajstić information content (AvgIpc) is 2.86. The number of aryl methyl sites for hydroxylation is 2. The van der Waals surface area contributed by atoms with Crippen molar-refractivity contribution in [1.29, 1.82) is 0 Å². The normalized spacial score (nSPS) is 31.1. The fraction of sp³-hybridized carbons (Fsp3) is 0.786. The van der Waals surface area contributed by atoms with Crippen LogP contribution in [0.4, 0.5) is 5.13 Å². The number of hydrogen-bond acceptors (Lipinski definition) is 4. The first-order valence-corrected chi connectivity index (χ1v) is 7.96. The maximum atomic E-state index is 4.87. The molecule has 2 saturated heterocycles. The largest absolute Gasteiger partial charge is 0.342 e. The van der Waals surface area contributed by atoms with Gasteiger partial charge in [0, 0.05) is 23.0 Å². The summed E-state index contributed by atoms with van der Waals surface area (Å²) in [5.41, 5.74) is 1.30. The Hall–Kier alpha value is -0.610. The van der Waals surface area contributed by atoms with Crippen LogP contribution in [0.25, 0.3) is 0 Å². The molecule has 18 heavy (non-hydrogen) atoms. The highest BCUT2D eigenvalue weighted by Gasteiger charge is 2.41. The zero-order chi connectivity index (χ0) is 12.7. The maximum absolute atomic E-state index is 4.87. The molecule has 2 fully saturated rings. The van der Waals surface area contributed by atoms with Gasteiger partial charge in [-0.2, -0.15) is 0 Å². The lowest BCUT2D eigenvalue weighted by atomic mass is 9.98. The molecule has 2 unspecified atom stereocenters. The highest BCUT2D eigenvalue weighted by molar-refractivity contribution is 7.15. The minimum atomic E-state index is 0.713. The number of thiazole rings is 1. The van der Waals surface area contributed by atoms with Gasteiger partial charge in [0.2, 0.25) is 0 Å². The monoisotopic (exact) mass is 265 g/mol. The van der Waals surface area contributed by atoms with E-state index in [2.05, 4.69) is 31.1 Å². The van der Waals surface area contributed by atoms with Crippen molar-refractivity contribution in [2.75, 3.05) is 11.9 Å². The third kappa shape index (κ3) is 1.95. The molecule has 1 N–H and O–H groups in total. The standard InChI is InChI=1S/C14H23N3S/c1-4-13-9(2)18-14(16-13)17-11-5-6-12(17)8-10(7-11)15-3/h10-12,15H,4-8H2,1-3H3. The predicted octanol–water partition coefficient (Wildman–Crippen LogP) is 2.73. The third-order valence-corrected chi connectivity index (χ3v) is 5.60. The van der Waals surface area contributed by atoms with Crippen molar-refractivity contribution in [3.63, 3.8) is 0 Å². The van der Waals surface area contributed by atoms with Crippen molar-refractivity contribution < 1.29 is 0 Å². The second-order valence-corrected chi connectivity index (χ2v) is 6.78. The molecule has 0 saturated carbocycles. The van der Waals surface area contributed by atoms with E-state index >= 15 is 0 Å². The van der Waals surface area contributed by atoms with E-state index in [-0.39, 0.29) is 0 Å². The van der Waals surface area contributed by atoms with Gasteiger partial charge in [-0.05, 0) is 46.1 Å². The third-order valence-electron chi connectivity index (χ3n) is 4.58. The van der Waals surface area contributed by atoms with Gasteiger partial charge in [-0.15, -0.1) is 11.3 Å². The predicted molar refractivity (Wildman–Crippen MR) is 77.6 cm³/mol. The molecule has 0 radical (unpaired) electrons. The van der Waals surface area contributed by atoms with Gasteiger partial charge in [-0.1, -0.05) is 6.92 Å². The van der Waals surface area contributed by atoms with Gasteiger partial charge >= 0.3 is 0 Å². The number of piperidine rings is 1. The van der Waals surface area contributed by atoms with Crippen LogP contribution in [0.2, 0.25) is 0 Å². The lowest BCUT2D eigenvalue weighted by molar-refractivity contribution is 0.373. The summed E-state index contributed by atoms with van der Waals surface area (Å²) in [6.07, 6.45) is 6.33. The summed E-state index contributed by atoms with van der Waals surface area (Å²) >= 11 is 1.90. The van der Waals surface area contributed by atoms with Crippen LogP contribution in [0.3, 0.4) is 0 Å². The van der Waals surface area contributed by atoms with Gasteiger partial charge in [0.05, 0.1) is 5.69 Å². The van der Waals surface area contributed by atoms with E-state index in [1.54, 1.807) is 0 Å². The van der Waals surface area contributed by atoms with E-state index in [4.69, 9.17) is 4.98 Å². The van der Waals surface area contributed by atoms with Gasteiger partial charge in [0.1, 0.15) is 0 Å². The second-order valence-electron chi connectivity index (χ2n) is 5.60. The number of nitrogens with zero attached hydrogens (tertiary/aromatic N) is 2. The van der Waals surface area contributed by atoms with Crippen LogP contribution in [-0.4, -0.2) is 30.2 Å². The Morgan fingerprint density at radius 2 is 2.00 bits per heavy atom. The Bertz CT molecular complexity index is 415. The van der Waals surface area contributed by atoms with E-state index in [0.717, 1.165) is 18.5 Å². The summed E-state index contributed by atoms with van der Waals surface area (Å²) in [7, 11) is 2.10. The van der Waals surface area contributed by atoms with Gasteiger partial charge in [0.25, 0.3) is 0 Å². The maximum Gasteiger partial charge on any atom is 0.186 e. The molecule has 2 bridgehead atoms. The molecule has 0 amide bonds. The average molecular weight is 265 g/mol. The van der Waals surface area contributed by atoms with Gasteiger partial charge in [-0.3, -0.25) is 0 Å². The number of fused-ring (bicyclic) bond motifs is 2. The lowest BCUT2D eigenvalue weighted by Crippen LogP contribution is -2.48. The van der Waals surface area contributed by atoms with E-state index in [1.807, 2.05) is 11.3 Å². The van der Waals surface area contributed by atoms with Crippen molar-refractivity contribution in [2.24, 2.45) is 0 Å². The molecule has 2 aliphatic rings. The van der Waals surface area contributed by atoms with Gasteiger partial charge in [0.15, 0.2) is 5.13 Å². The van der Waals surface area contributed by atoms with E-state index < -0.39 is 0 Å². The summed E-state index contributed by atoms with van der Waals surface area (Å²) < 4.78 is 0. The molecule has 3 heterocycles. The number of nitrogens with one attached hydrogen (secondary N) is 1. The van der Waals surface area contributed by atoms with Crippen LogP contribution in [0.1, 0.15) is 43.2 Å². The Kier molecular flexibility index (Phi) is 3.32. The molecule has 100 valence electrons. The number of hydrogen-bond donors (Lipinski definition) is 1. The summed E-state index contributed by atoms with van der Waals surface area (Å²) in [6.45, 7) is 4.41. The molecule has 3 rings (SSSR count). The summed E-state index contributed by atoms with van der Waals surface area (Å²) in [5.74, 6) is 0. The molecule has 3 nitrogen and oxygen atoms in total. The summed E-state index contributed by atoms with van der Waals surface area (Å²) in [5, 5.41) is 4.74. The van der Waals surface area contributed by atoms with Crippen molar-refractivity contribution in [1.82, 2.24) is 10.3 Å². The Morgan fingerprint density at radius 1 is 1.33 bits per heavy atom. The van der Waals surface area contributed by atoms with Crippen LogP contribution in [-0.2, 0) is 6.42 Å². The van der Waals surface area contributed by atoms with Gasteiger partial charge < -0.3 is 10.2 Å². The number of anilines is 1. The van der Waals surface area contributed by atoms with E-state index in [9.17, 15) is 0 Å². The van der Waals surface area contributed by atoms with Crippen molar-refractivity contribution >= 4 is 16.5 Å². The van der Waals surface area contributed by atoms with Crippen LogP contribution in [0, 0.1) is 6.92 Å². The Labute approximate surface area is 114 Å². The fourth-order valence-electron chi connectivity index (χ4n) is 3.58. The lowest BCUT2D eigenvalue weighted by Gasteiger charge is -2.38. The number of aromatic nitrogens is 1. The van der Waals surface area contributed by atoms with Crippen molar-refractivity contribution in [3.8, 4) is 0 Å².